The van der Waals surface area contributed by atoms with E-state index in [2.05, 4.69) is 27.1 Å². The van der Waals surface area contributed by atoms with E-state index in [0.29, 0.717) is 34.5 Å². The topological polar surface area (TPSA) is 85.8 Å². The molecule has 0 atom stereocenters. The zero-order valence-corrected chi connectivity index (χ0v) is 17.4. The molecule has 0 saturated carbocycles. The monoisotopic (exact) mass is 449 g/mol. The molecule has 0 aliphatic rings. The number of aromatic nitrogens is 3. The summed E-state index contributed by atoms with van der Waals surface area (Å²) in [4.78, 5) is 20.9. The highest BCUT2D eigenvalue weighted by molar-refractivity contribution is 6.04. The van der Waals surface area contributed by atoms with Crippen LogP contribution in [0, 0.1) is 11.8 Å². The number of fused-ring (bicyclic) bond motifs is 1. The molecule has 2 aromatic heterocycles. The second-order valence-electron chi connectivity index (χ2n) is 7.15. The van der Waals surface area contributed by atoms with E-state index in [4.69, 9.17) is 5.73 Å². The van der Waals surface area contributed by atoms with Gasteiger partial charge in [0.1, 0.15) is 17.8 Å². The zero-order valence-electron chi connectivity index (χ0n) is 17.4. The van der Waals surface area contributed by atoms with Crippen molar-refractivity contribution in [3.05, 3.63) is 83.3 Å². The minimum Gasteiger partial charge on any atom is -0.383 e. The maximum Gasteiger partial charge on any atom is 0.416 e. The molecule has 0 aliphatic heterocycles. The standard InChI is InChI=1S/C24H18F3N5O/c1-2-32-13-17(20-21(28)29-14-30-22(20)32)10-9-15-5-3-6-16(11-15)23(33)31-19-8-4-7-18(12-19)24(25,26)27/h3-8,11-14H,2H2,1H3,(H,31,33)(H2,28,29,30). The first kappa shape index (κ1) is 21.9. The molecular weight excluding hydrogens is 431 g/mol. The van der Waals surface area contributed by atoms with Crippen molar-refractivity contribution < 1.29 is 18.0 Å². The van der Waals surface area contributed by atoms with Crippen molar-refractivity contribution >= 4 is 28.4 Å². The maximum absolute atomic E-state index is 12.9. The van der Waals surface area contributed by atoms with Gasteiger partial charge >= 0.3 is 6.18 Å². The van der Waals surface area contributed by atoms with Crippen molar-refractivity contribution in [1.29, 1.82) is 0 Å². The van der Waals surface area contributed by atoms with Crippen LogP contribution >= 0.6 is 0 Å². The Morgan fingerprint density at radius 2 is 1.91 bits per heavy atom. The molecule has 166 valence electrons. The van der Waals surface area contributed by atoms with Crippen LogP contribution in [0.4, 0.5) is 24.7 Å². The summed E-state index contributed by atoms with van der Waals surface area (Å²) < 4.78 is 40.6. The molecule has 0 saturated heterocycles. The molecule has 4 aromatic rings. The summed E-state index contributed by atoms with van der Waals surface area (Å²) in [5.74, 6) is 5.84. The van der Waals surface area contributed by atoms with E-state index in [0.717, 1.165) is 12.1 Å². The van der Waals surface area contributed by atoms with Gasteiger partial charge in [0.05, 0.1) is 16.5 Å². The Labute approximate surface area is 187 Å². The number of carbonyl (C=O) groups is 1. The second-order valence-corrected chi connectivity index (χ2v) is 7.15. The summed E-state index contributed by atoms with van der Waals surface area (Å²) in [6.07, 6.45) is -1.26. The number of carbonyl (C=O) groups excluding carboxylic acids is 1. The lowest BCUT2D eigenvalue weighted by molar-refractivity contribution is -0.137. The number of hydrogen-bond acceptors (Lipinski definition) is 4. The Kier molecular flexibility index (Phi) is 5.75. The molecule has 9 heteroatoms. The minimum atomic E-state index is -4.49. The summed E-state index contributed by atoms with van der Waals surface area (Å²) >= 11 is 0. The fraction of sp³-hybridized carbons (Fsp3) is 0.125. The molecule has 0 spiro atoms. The van der Waals surface area contributed by atoms with Crippen LogP contribution in [0.1, 0.15) is 34.0 Å². The van der Waals surface area contributed by atoms with E-state index in [9.17, 15) is 18.0 Å². The number of aryl methyl sites for hydroxylation is 1. The van der Waals surface area contributed by atoms with Crippen LogP contribution in [-0.2, 0) is 12.7 Å². The number of halogens is 3. The quantitative estimate of drug-likeness (QED) is 0.444. The van der Waals surface area contributed by atoms with Gasteiger partial charge in [0.15, 0.2) is 0 Å². The van der Waals surface area contributed by atoms with Crippen molar-refractivity contribution in [2.75, 3.05) is 11.1 Å². The average molecular weight is 449 g/mol. The molecule has 3 N–H and O–H groups in total. The molecule has 4 rings (SSSR count). The summed E-state index contributed by atoms with van der Waals surface area (Å²) in [6, 6.07) is 11.0. The first-order valence-corrected chi connectivity index (χ1v) is 9.96. The minimum absolute atomic E-state index is 0.0502. The van der Waals surface area contributed by atoms with Crippen molar-refractivity contribution in [2.45, 2.75) is 19.6 Å². The highest BCUT2D eigenvalue weighted by atomic mass is 19.4. The number of nitrogens with zero attached hydrogens (tertiary/aromatic N) is 3. The van der Waals surface area contributed by atoms with Crippen LogP contribution in [0.3, 0.4) is 0 Å². The van der Waals surface area contributed by atoms with E-state index in [1.165, 1.54) is 18.5 Å². The molecule has 0 unspecified atom stereocenters. The molecule has 6 nitrogen and oxygen atoms in total. The third kappa shape index (κ3) is 4.65. The van der Waals surface area contributed by atoms with E-state index in [1.54, 1.807) is 24.3 Å². The van der Waals surface area contributed by atoms with Crippen molar-refractivity contribution in [2.24, 2.45) is 0 Å². The second kappa shape index (κ2) is 8.67. The fourth-order valence-electron chi connectivity index (χ4n) is 3.34. The molecule has 0 radical (unpaired) electrons. The van der Waals surface area contributed by atoms with E-state index in [1.807, 2.05) is 17.7 Å². The van der Waals surface area contributed by atoms with Crippen LogP contribution in [0.15, 0.2) is 61.1 Å². The van der Waals surface area contributed by atoms with Crippen LogP contribution in [0.25, 0.3) is 11.0 Å². The third-order valence-corrected chi connectivity index (χ3v) is 4.94. The molecule has 2 aromatic carbocycles. The molecule has 0 fully saturated rings. The SMILES string of the molecule is CCn1cc(C#Cc2cccc(C(=O)Nc3cccc(C(F)(F)F)c3)c2)c2c(N)ncnc21. The average Bonchev–Trinajstić information content (AvgIpc) is 3.16. The van der Waals surface area contributed by atoms with Gasteiger partial charge in [-0.25, -0.2) is 9.97 Å². The number of nitrogen functional groups attached to an aromatic ring is 1. The van der Waals surface area contributed by atoms with Gasteiger partial charge in [-0.1, -0.05) is 24.0 Å². The van der Waals surface area contributed by atoms with Crippen molar-refractivity contribution in [3.8, 4) is 11.8 Å². The lowest BCUT2D eigenvalue weighted by Gasteiger charge is -2.10. The summed E-state index contributed by atoms with van der Waals surface area (Å²) in [5, 5.41) is 3.15. The van der Waals surface area contributed by atoms with E-state index >= 15 is 0 Å². The Morgan fingerprint density at radius 3 is 2.67 bits per heavy atom. The van der Waals surface area contributed by atoms with Gasteiger partial charge in [-0.15, -0.1) is 0 Å². The largest absolute Gasteiger partial charge is 0.416 e. The molecule has 2 heterocycles. The lowest BCUT2D eigenvalue weighted by Crippen LogP contribution is -2.13. The number of alkyl halides is 3. The van der Waals surface area contributed by atoms with Crippen LogP contribution in [-0.4, -0.2) is 20.4 Å². The Bertz CT molecular complexity index is 1410. The fourth-order valence-corrected chi connectivity index (χ4v) is 3.34. The number of nitrogens with one attached hydrogen (secondary N) is 1. The van der Waals surface area contributed by atoms with E-state index < -0.39 is 17.6 Å². The maximum atomic E-state index is 12.9. The zero-order chi connectivity index (χ0) is 23.6. The molecule has 1 amide bonds. The van der Waals surface area contributed by atoms with Gasteiger partial charge < -0.3 is 15.6 Å². The Morgan fingerprint density at radius 1 is 1.12 bits per heavy atom. The predicted octanol–water partition coefficient (Wildman–Crippen LogP) is 4.70. The summed E-state index contributed by atoms with van der Waals surface area (Å²) in [5.41, 5.74) is 7.38. The molecular formula is C24H18F3N5O. The molecule has 0 bridgehead atoms. The summed E-state index contributed by atoms with van der Waals surface area (Å²) in [7, 11) is 0. The van der Waals surface area contributed by atoms with Gasteiger partial charge in [-0.05, 0) is 43.3 Å². The highest BCUT2D eigenvalue weighted by Gasteiger charge is 2.30. The van der Waals surface area contributed by atoms with Crippen LogP contribution in [0.5, 0.6) is 0 Å². The van der Waals surface area contributed by atoms with Gasteiger partial charge in [0.2, 0.25) is 0 Å². The predicted molar refractivity (Wildman–Crippen MR) is 119 cm³/mol. The van der Waals surface area contributed by atoms with Crippen LogP contribution in [0.2, 0.25) is 0 Å². The lowest BCUT2D eigenvalue weighted by atomic mass is 10.1. The summed E-state index contributed by atoms with van der Waals surface area (Å²) in [6.45, 7) is 2.65. The van der Waals surface area contributed by atoms with Gasteiger partial charge in [0.25, 0.3) is 5.91 Å². The molecule has 0 aliphatic carbocycles. The third-order valence-electron chi connectivity index (χ3n) is 4.94. The van der Waals surface area contributed by atoms with Gasteiger partial charge in [-0.2, -0.15) is 13.2 Å². The van der Waals surface area contributed by atoms with Crippen molar-refractivity contribution in [3.63, 3.8) is 0 Å². The van der Waals surface area contributed by atoms with Crippen LogP contribution < -0.4 is 11.1 Å². The smallest absolute Gasteiger partial charge is 0.383 e. The number of hydrogen-bond donors (Lipinski definition) is 2. The van der Waals surface area contributed by atoms with Gasteiger partial charge in [-0.3, -0.25) is 4.79 Å². The normalized spacial score (nSPS) is 11.2. The first-order valence-electron chi connectivity index (χ1n) is 9.96. The number of amides is 1. The van der Waals surface area contributed by atoms with E-state index in [-0.39, 0.29) is 11.3 Å². The first-order chi connectivity index (χ1) is 15.8. The Balaban J connectivity index is 1.60. The van der Waals surface area contributed by atoms with Gasteiger partial charge in [0, 0.05) is 29.6 Å². The number of rotatable bonds is 3. The number of nitrogens with two attached hydrogens (primary N) is 1. The molecule has 33 heavy (non-hydrogen) atoms. The Hall–Kier alpha value is -4.32. The number of benzene rings is 2. The number of anilines is 2. The highest BCUT2D eigenvalue weighted by Crippen LogP contribution is 2.30. The van der Waals surface area contributed by atoms with Crippen molar-refractivity contribution in [1.82, 2.24) is 14.5 Å².